The molecule has 0 spiro atoms. The van der Waals surface area contributed by atoms with Gasteiger partial charge in [0, 0.05) is 121 Å². The van der Waals surface area contributed by atoms with Gasteiger partial charge in [-0.1, -0.05) is 68.1 Å². The first-order valence-electron chi connectivity index (χ1n) is 29.1. The van der Waals surface area contributed by atoms with Crippen molar-refractivity contribution in [2.24, 2.45) is 5.92 Å². The Kier molecular flexibility index (Phi) is 16.0. The van der Waals surface area contributed by atoms with E-state index in [0.717, 1.165) is 92.2 Å². The number of pyridine rings is 2. The van der Waals surface area contributed by atoms with E-state index in [1.165, 1.54) is 25.7 Å². The Hall–Kier alpha value is -8.54. The van der Waals surface area contributed by atoms with Crippen LogP contribution in [0.1, 0.15) is 104 Å². The molecule has 6 heterocycles. The molecule has 16 heteroatoms. The molecule has 0 bridgehead atoms. The van der Waals surface area contributed by atoms with Crippen molar-refractivity contribution in [2.45, 2.75) is 64.6 Å². The number of carboxylic acids is 2. The van der Waals surface area contributed by atoms with E-state index in [-0.39, 0.29) is 28.7 Å². The number of nitrogens with zero attached hydrogens (tertiary/aromatic N) is 6. The number of aromatic nitrogens is 2. The van der Waals surface area contributed by atoms with Crippen molar-refractivity contribution in [1.29, 1.82) is 0 Å². The van der Waals surface area contributed by atoms with E-state index < -0.39 is 18.0 Å². The van der Waals surface area contributed by atoms with Gasteiger partial charge in [0.25, 0.3) is 0 Å². The molecule has 10 aromatic rings. The molecule has 2 atom stereocenters. The van der Waals surface area contributed by atoms with E-state index >= 15 is 0 Å². The van der Waals surface area contributed by atoms with Crippen LogP contribution in [-0.2, 0) is 6.61 Å². The first-order chi connectivity index (χ1) is 40.8. The number of carbonyl (C=O) groups is 2. The number of aromatic hydroxyl groups is 2. The van der Waals surface area contributed by atoms with Crippen molar-refractivity contribution in [3.05, 3.63) is 178 Å². The summed E-state index contributed by atoms with van der Waals surface area (Å²) in [5, 5.41) is 50.4. The molecule has 2 saturated heterocycles. The number of phenolic OH excluding ortho intramolecular Hbond substituents is 2. The topological polar surface area (TPSA) is 199 Å². The van der Waals surface area contributed by atoms with E-state index in [1.54, 1.807) is 38.6 Å². The number of carboxylic acid groups (broad SMARTS) is 2. The second-order valence-corrected chi connectivity index (χ2v) is 22.8. The van der Waals surface area contributed by atoms with Crippen LogP contribution < -0.4 is 9.47 Å². The van der Waals surface area contributed by atoms with E-state index in [4.69, 9.17) is 18.3 Å². The van der Waals surface area contributed by atoms with Gasteiger partial charge in [-0.2, -0.15) is 0 Å². The number of phenols is 2. The van der Waals surface area contributed by atoms with Gasteiger partial charge >= 0.3 is 11.9 Å². The molecule has 84 heavy (non-hydrogen) atoms. The average Bonchev–Trinajstić information content (AvgIpc) is 1.59. The van der Waals surface area contributed by atoms with E-state index in [9.17, 15) is 30.0 Å². The lowest BCUT2D eigenvalue weighted by molar-refractivity contribution is 0.0685. The number of piperazine rings is 2. The largest absolute Gasteiger partial charge is 0.507 e. The molecular formula is C68H70N6O10. The van der Waals surface area contributed by atoms with Crippen LogP contribution in [0.25, 0.3) is 54.3 Å². The van der Waals surface area contributed by atoms with E-state index in [2.05, 4.69) is 67.9 Å². The normalized spacial score (nSPS) is 16.6. The predicted octanol–water partition coefficient (Wildman–Crippen LogP) is 12.8. The SMILES string of the molecule is Cc1oc2c(c1C(=O)O)c(C(c1ccncc1)N1CCN(C)CC1)c(O)c1cc(OCCC3CCCC3)ccc12.Cc1oc2c(c1C(=O)O)c(C(c1ccncc1)N1CCN(C)CC1)c(O)c1cc(OCc3cccc4ccccc34)ccc12. The standard InChI is InChI=1S/C36H33N3O5.C32H37N3O5/c1-22-30(36(41)42)31-32(33(24-12-14-37-15-13-24)39-18-16-38(2)17-19-39)34(40)29-20-26(10-11-28(29)35(31)44-22)43-21-25-8-5-7-23-6-3-4-9-27(23)25;1-20-26(32(37)38)27-28(29(22-9-12-33-13-10-22)35-16-14-34(2)15-17-35)30(36)25-19-23(7-8-24(25)31(27)40-20)39-18-11-21-5-3-4-6-21/h3-15,20,33,40H,16-19,21H2,1-2H3,(H,41,42);7-10,12-13,19,21,29,36H,3-6,11,14-18H2,1-2H3,(H,37,38). The minimum Gasteiger partial charge on any atom is -0.507 e. The van der Waals surface area contributed by atoms with Crippen molar-refractivity contribution in [3.8, 4) is 23.0 Å². The molecule has 1 saturated carbocycles. The fourth-order valence-corrected chi connectivity index (χ4v) is 13.2. The van der Waals surface area contributed by atoms with Crippen LogP contribution in [0.4, 0.5) is 0 Å². The summed E-state index contributed by atoms with van der Waals surface area (Å²) < 4.78 is 24.8. The summed E-state index contributed by atoms with van der Waals surface area (Å²) in [6.07, 6.45) is 13.1. The molecule has 16 nitrogen and oxygen atoms in total. The molecule has 0 amide bonds. The molecule has 6 aromatic carbocycles. The molecule has 3 fully saturated rings. The minimum absolute atomic E-state index is 0.0205. The maximum Gasteiger partial charge on any atom is 0.339 e. The molecular weight excluding hydrogens is 1060 g/mol. The second-order valence-electron chi connectivity index (χ2n) is 22.8. The van der Waals surface area contributed by atoms with Crippen molar-refractivity contribution >= 4 is 66.2 Å². The summed E-state index contributed by atoms with van der Waals surface area (Å²) in [5.41, 5.74) is 5.06. The fourth-order valence-electron chi connectivity index (χ4n) is 13.2. The van der Waals surface area contributed by atoms with Crippen molar-refractivity contribution in [3.63, 3.8) is 0 Å². The number of fused-ring (bicyclic) bond motifs is 7. The zero-order chi connectivity index (χ0) is 58.2. The van der Waals surface area contributed by atoms with E-state index in [0.29, 0.717) is 90.8 Å². The van der Waals surface area contributed by atoms with Gasteiger partial charge in [0.2, 0.25) is 0 Å². The number of aryl methyl sites for hydroxylation is 2. The fraction of sp³-hybridized carbons (Fsp3) is 0.324. The summed E-state index contributed by atoms with van der Waals surface area (Å²) in [6.45, 7) is 10.8. The van der Waals surface area contributed by atoms with Crippen molar-refractivity contribution < 1.29 is 48.3 Å². The highest BCUT2D eigenvalue weighted by Gasteiger charge is 2.37. The van der Waals surface area contributed by atoms with Gasteiger partial charge in [0.1, 0.15) is 63.4 Å². The summed E-state index contributed by atoms with van der Waals surface area (Å²) >= 11 is 0. The van der Waals surface area contributed by atoms with Crippen LogP contribution in [-0.4, -0.2) is 135 Å². The summed E-state index contributed by atoms with van der Waals surface area (Å²) in [4.78, 5) is 42.8. The number of hydrogen-bond acceptors (Lipinski definition) is 14. The molecule has 0 radical (unpaired) electrons. The molecule has 2 unspecified atom stereocenters. The molecule has 13 rings (SSSR count). The highest BCUT2D eigenvalue weighted by atomic mass is 16.5. The lowest BCUT2D eigenvalue weighted by atomic mass is 9.89. The van der Waals surface area contributed by atoms with Gasteiger partial charge < -0.3 is 48.5 Å². The number of likely N-dealkylation sites (N-methyl/N-ethyl adjacent to an activating group) is 2. The molecule has 1 aliphatic carbocycles. The Bertz CT molecular complexity index is 4040. The zero-order valence-electron chi connectivity index (χ0n) is 47.9. The van der Waals surface area contributed by atoms with Crippen molar-refractivity contribution in [1.82, 2.24) is 29.6 Å². The maximum atomic E-state index is 12.7. The highest BCUT2D eigenvalue weighted by Crippen LogP contribution is 2.50. The number of ether oxygens (including phenoxy) is 2. The average molecular weight is 1130 g/mol. The van der Waals surface area contributed by atoms with Crippen LogP contribution in [0, 0.1) is 19.8 Å². The predicted molar refractivity (Wildman–Crippen MR) is 325 cm³/mol. The Morgan fingerprint density at radius 2 is 1.04 bits per heavy atom. The quantitative estimate of drug-likeness (QED) is 0.0755. The van der Waals surface area contributed by atoms with Crippen LogP contribution >= 0.6 is 0 Å². The Morgan fingerprint density at radius 1 is 0.571 bits per heavy atom. The van der Waals surface area contributed by atoms with Crippen LogP contribution in [0.2, 0.25) is 0 Å². The van der Waals surface area contributed by atoms with Crippen LogP contribution in [0.5, 0.6) is 23.0 Å². The smallest absolute Gasteiger partial charge is 0.339 e. The van der Waals surface area contributed by atoms with Gasteiger partial charge in [0.05, 0.1) is 18.7 Å². The Balaban J connectivity index is 0.000000166. The molecule has 4 aromatic heterocycles. The summed E-state index contributed by atoms with van der Waals surface area (Å²) in [7, 11) is 4.19. The Morgan fingerprint density at radius 3 is 1.52 bits per heavy atom. The van der Waals surface area contributed by atoms with Crippen molar-refractivity contribution in [2.75, 3.05) is 73.1 Å². The first-order valence-corrected chi connectivity index (χ1v) is 29.1. The lowest BCUT2D eigenvalue weighted by Gasteiger charge is -2.39. The number of benzene rings is 6. The lowest BCUT2D eigenvalue weighted by Crippen LogP contribution is -2.46. The molecule has 4 N–H and O–H groups in total. The highest BCUT2D eigenvalue weighted by molar-refractivity contribution is 6.18. The monoisotopic (exact) mass is 1130 g/mol. The van der Waals surface area contributed by atoms with Gasteiger partial charge in [0.15, 0.2) is 0 Å². The van der Waals surface area contributed by atoms with Gasteiger partial charge in [-0.3, -0.25) is 19.8 Å². The van der Waals surface area contributed by atoms with Gasteiger partial charge in [-0.05, 0) is 128 Å². The van der Waals surface area contributed by atoms with Crippen LogP contribution in [0.3, 0.4) is 0 Å². The maximum absolute atomic E-state index is 12.7. The van der Waals surface area contributed by atoms with E-state index in [1.807, 2.05) is 78.9 Å². The first kappa shape index (κ1) is 56.0. The summed E-state index contributed by atoms with van der Waals surface area (Å²) in [5.74, 6) is 0.535. The van der Waals surface area contributed by atoms with Gasteiger partial charge in [-0.15, -0.1) is 0 Å². The number of hydrogen-bond donors (Lipinski definition) is 4. The number of furan rings is 2. The van der Waals surface area contributed by atoms with Gasteiger partial charge in [-0.25, -0.2) is 9.59 Å². The molecule has 3 aliphatic rings. The van der Waals surface area contributed by atoms with Crippen LogP contribution in [0.15, 0.2) is 137 Å². The minimum atomic E-state index is -1.09. The third kappa shape index (κ3) is 10.9. The molecule has 432 valence electrons. The summed E-state index contributed by atoms with van der Waals surface area (Å²) in [6, 6.07) is 32.4. The molecule has 2 aliphatic heterocycles. The Labute approximate surface area is 487 Å². The zero-order valence-corrected chi connectivity index (χ0v) is 47.9. The number of rotatable bonds is 15. The second kappa shape index (κ2) is 24.0. The third-order valence-electron chi connectivity index (χ3n) is 17.6. The third-order valence-corrected chi connectivity index (χ3v) is 17.6. The number of aromatic carboxylic acids is 2.